The Balaban J connectivity index is 1.94. The number of benzene rings is 2. The molecule has 0 unspecified atom stereocenters. The predicted octanol–water partition coefficient (Wildman–Crippen LogP) is 2.61. The number of hydrogen-bond acceptors (Lipinski definition) is 5. The Kier molecular flexibility index (Phi) is 6.63. The molecule has 5 nitrogen and oxygen atoms in total. The van der Waals surface area contributed by atoms with Gasteiger partial charge >= 0.3 is 15.6 Å². The molecule has 0 bridgehead atoms. The van der Waals surface area contributed by atoms with Gasteiger partial charge in [0.05, 0.1) is 6.61 Å². The quantitative estimate of drug-likeness (QED) is 0.536. The van der Waals surface area contributed by atoms with Crippen LogP contribution in [0.15, 0.2) is 54.6 Å². The lowest BCUT2D eigenvalue weighted by molar-refractivity contribution is -0.0500. The van der Waals surface area contributed by atoms with Gasteiger partial charge in [0.1, 0.15) is 5.75 Å². The molecule has 2 aromatic rings. The fourth-order valence-electron chi connectivity index (χ4n) is 2.20. The van der Waals surface area contributed by atoms with Crippen LogP contribution in [0, 0.1) is 0 Å². The molecular weight excluding hydrogens is 371 g/mol. The summed E-state index contributed by atoms with van der Waals surface area (Å²) in [6.07, 6.45) is 0.412. The van der Waals surface area contributed by atoms with Crippen molar-refractivity contribution in [2.24, 2.45) is 0 Å². The smallest absolute Gasteiger partial charge is 0.395 e. The number of halogens is 3. The van der Waals surface area contributed by atoms with E-state index in [-0.39, 0.29) is 12.6 Å². The second-order valence-corrected chi connectivity index (χ2v) is 7.12. The Labute approximate surface area is 149 Å². The third kappa shape index (κ3) is 5.72. The fraction of sp³-hybridized carbons (Fsp3) is 0.294. The van der Waals surface area contributed by atoms with Crippen LogP contribution in [0.2, 0.25) is 0 Å². The van der Waals surface area contributed by atoms with E-state index >= 15 is 0 Å². The highest BCUT2D eigenvalue weighted by molar-refractivity contribution is 7.88. The monoisotopic (exact) mass is 389 g/mol. The van der Waals surface area contributed by atoms with Gasteiger partial charge in [-0.2, -0.15) is 21.6 Å². The number of nitrogens with one attached hydrogen (secondary N) is 1. The molecule has 0 aromatic heterocycles. The topological polar surface area (TPSA) is 75.6 Å². The first kappa shape index (κ1) is 20.2. The summed E-state index contributed by atoms with van der Waals surface area (Å²) in [7, 11) is -5.68. The molecule has 2 N–H and O–H groups in total. The lowest BCUT2D eigenvalue weighted by atomic mass is 10.1. The van der Waals surface area contributed by atoms with Crippen molar-refractivity contribution in [3.63, 3.8) is 0 Å². The van der Waals surface area contributed by atoms with E-state index in [1.54, 1.807) is 0 Å². The number of alkyl halides is 3. The molecule has 0 radical (unpaired) electrons. The second kappa shape index (κ2) is 8.52. The molecule has 0 saturated heterocycles. The highest BCUT2D eigenvalue weighted by Gasteiger charge is 2.48. The summed E-state index contributed by atoms with van der Waals surface area (Å²) in [4.78, 5) is 0. The van der Waals surface area contributed by atoms with E-state index in [2.05, 4.69) is 9.50 Å². The zero-order valence-electron chi connectivity index (χ0n) is 13.6. The first-order valence-corrected chi connectivity index (χ1v) is 9.10. The van der Waals surface area contributed by atoms with Gasteiger partial charge in [0.15, 0.2) is 0 Å². The number of hydrogen-bond donors (Lipinski definition) is 2. The highest BCUT2D eigenvalue weighted by Crippen LogP contribution is 2.27. The molecular formula is C17H18F3NO4S. The highest BCUT2D eigenvalue weighted by atomic mass is 32.2. The van der Waals surface area contributed by atoms with Gasteiger partial charge < -0.3 is 14.6 Å². The molecule has 142 valence electrons. The van der Waals surface area contributed by atoms with Crippen LogP contribution in [-0.4, -0.2) is 31.7 Å². The molecule has 2 aromatic carbocycles. The average Bonchev–Trinajstić information content (AvgIpc) is 2.59. The van der Waals surface area contributed by atoms with Crippen molar-refractivity contribution in [3.05, 3.63) is 65.7 Å². The summed E-state index contributed by atoms with van der Waals surface area (Å²) in [5.41, 5.74) is -3.72. The average molecular weight is 389 g/mol. The summed E-state index contributed by atoms with van der Waals surface area (Å²) in [6, 6.07) is 14.5. The third-order valence-electron chi connectivity index (χ3n) is 3.55. The Morgan fingerprint density at radius 3 is 2.15 bits per heavy atom. The second-order valence-electron chi connectivity index (χ2n) is 5.58. The Hall–Kier alpha value is -2.10. The molecule has 0 aliphatic rings. The van der Waals surface area contributed by atoms with Gasteiger partial charge in [-0.1, -0.05) is 42.5 Å². The minimum atomic E-state index is -5.68. The summed E-state index contributed by atoms with van der Waals surface area (Å²) < 4.78 is 62.8. The molecule has 0 heterocycles. The van der Waals surface area contributed by atoms with Gasteiger partial charge in [0, 0.05) is 12.6 Å². The van der Waals surface area contributed by atoms with Gasteiger partial charge in [0.2, 0.25) is 0 Å². The van der Waals surface area contributed by atoms with Crippen molar-refractivity contribution in [2.75, 3.05) is 6.61 Å². The van der Waals surface area contributed by atoms with Crippen molar-refractivity contribution in [2.45, 2.75) is 24.5 Å². The minimum Gasteiger partial charge on any atom is -0.395 e. The zero-order chi connectivity index (χ0) is 19.2. The SMILES string of the molecule is O=S(=O)(Oc1ccc(C[C@@H](CO)NCc2ccccc2)cc1)C(F)(F)F. The lowest BCUT2D eigenvalue weighted by Crippen LogP contribution is -2.34. The molecule has 0 saturated carbocycles. The van der Waals surface area contributed by atoms with Crippen LogP contribution in [-0.2, 0) is 23.1 Å². The van der Waals surface area contributed by atoms with Crippen LogP contribution < -0.4 is 9.50 Å². The van der Waals surface area contributed by atoms with Gasteiger partial charge in [-0.15, -0.1) is 0 Å². The van der Waals surface area contributed by atoms with Crippen molar-refractivity contribution >= 4 is 10.1 Å². The normalized spacial score (nSPS) is 13.4. The van der Waals surface area contributed by atoms with Crippen molar-refractivity contribution in [1.82, 2.24) is 5.32 Å². The van der Waals surface area contributed by atoms with Crippen molar-refractivity contribution in [1.29, 1.82) is 0 Å². The Morgan fingerprint density at radius 1 is 1.00 bits per heavy atom. The van der Waals surface area contributed by atoms with E-state index in [1.165, 1.54) is 12.1 Å². The summed E-state index contributed by atoms with van der Waals surface area (Å²) in [5, 5.41) is 12.7. The van der Waals surface area contributed by atoms with E-state index in [9.17, 15) is 26.7 Å². The number of aliphatic hydroxyl groups excluding tert-OH is 1. The Morgan fingerprint density at radius 2 is 1.62 bits per heavy atom. The van der Waals surface area contributed by atoms with Crippen LogP contribution in [0.5, 0.6) is 5.75 Å². The Bertz CT molecular complexity index is 793. The molecule has 9 heteroatoms. The summed E-state index contributed by atoms with van der Waals surface area (Å²) in [5.74, 6) is -0.427. The molecule has 0 spiro atoms. The molecule has 1 atom stereocenters. The van der Waals surface area contributed by atoms with E-state index in [4.69, 9.17) is 0 Å². The molecule has 0 aliphatic heterocycles. The zero-order valence-corrected chi connectivity index (χ0v) is 14.4. The molecule has 0 aliphatic carbocycles. The standard InChI is InChI=1S/C17H18F3NO4S/c18-17(19,20)26(23,24)25-16-8-6-13(7-9-16)10-15(12-22)21-11-14-4-2-1-3-5-14/h1-9,15,21-22H,10-12H2/t15-/m0/s1. The third-order valence-corrected chi connectivity index (χ3v) is 4.53. The first-order chi connectivity index (χ1) is 12.2. The largest absolute Gasteiger partial charge is 0.534 e. The fourth-order valence-corrected chi connectivity index (χ4v) is 2.66. The predicted molar refractivity (Wildman–Crippen MR) is 89.9 cm³/mol. The van der Waals surface area contributed by atoms with E-state index in [0.29, 0.717) is 18.5 Å². The lowest BCUT2D eigenvalue weighted by Gasteiger charge is -2.17. The van der Waals surface area contributed by atoms with Crippen molar-refractivity contribution < 1.29 is 30.9 Å². The number of aliphatic hydroxyl groups is 1. The minimum absolute atomic E-state index is 0.131. The van der Waals surface area contributed by atoms with Crippen LogP contribution in [0.1, 0.15) is 11.1 Å². The van der Waals surface area contributed by atoms with E-state index < -0.39 is 21.4 Å². The van der Waals surface area contributed by atoms with Crippen LogP contribution >= 0.6 is 0 Å². The van der Waals surface area contributed by atoms with Crippen LogP contribution in [0.3, 0.4) is 0 Å². The van der Waals surface area contributed by atoms with Gasteiger partial charge in [-0.3, -0.25) is 0 Å². The molecule has 26 heavy (non-hydrogen) atoms. The summed E-state index contributed by atoms with van der Waals surface area (Å²) >= 11 is 0. The molecule has 2 rings (SSSR count). The van der Waals surface area contributed by atoms with E-state index in [1.807, 2.05) is 30.3 Å². The maximum Gasteiger partial charge on any atom is 0.534 e. The first-order valence-electron chi connectivity index (χ1n) is 7.69. The molecule has 0 amide bonds. The van der Waals surface area contributed by atoms with Gasteiger partial charge in [-0.05, 0) is 29.7 Å². The van der Waals surface area contributed by atoms with E-state index in [0.717, 1.165) is 17.7 Å². The number of rotatable bonds is 8. The van der Waals surface area contributed by atoms with Gasteiger partial charge in [-0.25, -0.2) is 0 Å². The van der Waals surface area contributed by atoms with Crippen LogP contribution in [0.25, 0.3) is 0 Å². The van der Waals surface area contributed by atoms with Crippen molar-refractivity contribution in [3.8, 4) is 5.75 Å². The maximum absolute atomic E-state index is 12.3. The molecule has 0 fully saturated rings. The maximum atomic E-state index is 12.3. The summed E-state index contributed by atoms with van der Waals surface area (Å²) in [6.45, 7) is 0.421. The van der Waals surface area contributed by atoms with Crippen LogP contribution in [0.4, 0.5) is 13.2 Å². The van der Waals surface area contributed by atoms with Gasteiger partial charge in [0.25, 0.3) is 0 Å².